The van der Waals surface area contributed by atoms with E-state index in [4.69, 9.17) is 0 Å². The minimum absolute atomic E-state index is 0.760. The molecule has 2 rings (SSSR count). The van der Waals surface area contributed by atoms with Crippen molar-refractivity contribution in [2.75, 3.05) is 5.75 Å². The fourth-order valence-corrected chi connectivity index (χ4v) is 3.58. The quantitative estimate of drug-likeness (QED) is 0.600. The Bertz CT molecular complexity index is 328. The Morgan fingerprint density at radius 1 is 1.23 bits per heavy atom. The Kier molecular flexibility index (Phi) is 2.37. The Hall–Kier alpha value is -0.430. The minimum Gasteiger partial charge on any atom is -0.126 e. The lowest BCUT2D eigenvalue weighted by Gasteiger charge is -2.25. The number of thioether (sulfide) groups is 1. The summed E-state index contributed by atoms with van der Waals surface area (Å²) in [6, 6.07) is 4.51. The molecule has 1 unspecified atom stereocenters. The van der Waals surface area contributed by atoms with Gasteiger partial charge in [-0.2, -0.15) is 0 Å². The zero-order valence-electron chi connectivity index (χ0n) is 8.55. The van der Waals surface area contributed by atoms with E-state index >= 15 is 0 Å². The van der Waals surface area contributed by atoms with E-state index in [0.29, 0.717) is 0 Å². The van der Waals surface area contributed by atoms with Gasteiger partial charge in [0.2, 0.25) is 0 Å². The molecule has 0 fully saturated rings. The molecule has 13 heavy (non-hydrogen) atoms. The van der Waals surface area contributed by atoms with Crippen LogP contribution in [0.15, 0.2) is 17.0 Å². The van der Waals surface area contributed by atoms with Crippen LogP contribution in [0.25, 0.3) is 0 Å². The maximum absolute atomic E-state index is 2.35. The molecule has 0 saturated heterocycles. The number of hydrogen-bond acceptors (Lipinski definition) is 1. The summed E-state index contributed by atoms with van der Waals surface area (Å²) in [5.74, 6) is 2.05. The Balaban J connectivity index is 2.60. The predicted octanol–water partition coefficient (Wildman–Crippen LogP) is 3.90. The first kappa shape index (κ1) is 9.14. The second-order valence-electron chi connectivity index (χ2n) is 3.98. The van der Waals surface area contributed by atoms with Crippen LogP contribution in [-0.4, -0.2) is 5.75 Å². The fraction of sp³-hybridized carbons (Fsp3) is 0.500. The average molecular weight is 192 g/mol. The highest BCUT2D eigenvalue weighted by atomic mass is 32.2. The van der Waals surface area contributed by atoms with Gasteiger partial charge in [-0.05, 0) is 48.6 Å². The maximum atomic E-state index is 2.35. The summed E-state index contributed by atoms with van der Waals surface area (Å²) in [6.07, 6.45) is 1.34. The second kappa shape index (κ2) is 3.38. The molecule has 0 radical (unpaired) electrons. The van der Waals surface area contributed by atoms with Crippen molar-refractivity contribution < 1.29 is 0 Å². The molecule has 0 saturated carbocycles. The van der Waals surface area contributed by atoms with E-state index in [1.165, 1.54) is 23.3 Å². The summed E-state index contributed by atoms with van der Waals surface area (Å²) < 4.78 is 0. The molecule has 0 bridgehead atoms. The van der Waals surface area contributed by atoms with Gasteiger partial charge in [-0.25, -0.2) is 0 Å². The van der Waals surface area contributed by atoms with E-state index in [2.05, 4.69) is 32.9 Å². The summed E-state index contributed by atoms with van der Waals surface area (Å²) in [5.41, 5.74) is 4.54. The molecular formula is C12H16S. The van der Waals surface area contributed by atoms with Gasteiger partial charge < -0.3 is 0 Å². The van der Waals surface area contributed by atoms with Gasteiger partial charge in [-0.1, -0.05) is 19.1 Å². The molecule has 1 atom stereocenters. The van der Waals surface area contributed by atoms with Crippen LogP contribution in [0.2, 0.25) is 0 Å². The lowest BCUT2D eigenvalue weighted by molar-refractivity contribution is 0.704. The Morgan fingerprint density at radius 3 is 2.62 bits per heavy atom. The van der Waals surface area contributed by atoms with Crippen molar-refractivity contribution in [3.05, 3.63) is 28.8 Å². The smallest absolute Gasteiger partial charge is 0.0139 e. The monoisotopic (exact) mass is 192 g/mol. The van der Waals surface area contributed by atoms with Gasteiger partial charge in [0, 0.05) is 4.90 Å². The molecular weight excluding hydrogens is 176 g/mol. The molecule has 1 aliphatic rings. The summed E-state index contributed by atoms with van der Waals surface area (Å²) in [5, 5.41) is 0. The van der Waals surface area contributed by atoms with E-state index < -0.39 is 0 Å². The normalized spacial score (nSPS) is 21.3. The van der Waals surface area contributed by atoms with Crippen molar-refractivity contribution in [3.63, 3.8) is 0 Å². The molecule has 1 aliphatic heterocycles. The second-order valence-corrected chi connectivity index (χ2v) is 5.09. The fourth-order valence-electron chi connectivity index (χ4n) is 2.09. The van der Waals surface area contributed by atoms with Gasteiger partial charge in [0.25, 0.3) is 0 Å². The highest BCUT2D eigenvalue weighted by molar-refractivity contribution is 7.99. The molecule has 70 valence electrons. The summed E-state index contributed by atoms with van der Waals surface area (Å²) >= 11 is 2.03. The van der Waals surface area contributed by atoms with Crippen LogP contribution in [0, 0.1) is 13.8 Å². The lowest BCUT2D eigenvalue weighted by Crippen LogP contribution is -2.07. The zero-order valence-corrected chi connectivity index (χ0v) is 9.37. The molecule has 0 aromatic heterocycles. The van der Waals surface area contributed by atoms with Gasteiger partial charge >= 0.3 is 0 Å². The van der Waals surface area contributed by atoms with E-state index in [9.17, 15) is 0 Å². The van der Waals surface area contributed by atoms with Gasteiger partial charge in [-0.15, -0.1) is 11.8 Å². The molecule has 0 spiro atoms. The number of rotatable bonds is 0. The number of aryl methyl sites for hydroxylation is 2. The van der Waals surface area contributed by atoms with Crippen molar-refractivity contribution in [2.45, 2.75) is 38.0 Å². The van der Waals surface area contributed by atoms with Gasteiger partial charge in [-0.3, -0.25) is 0 Å². The highest BCUT2D eigenvalue weighted by Crippen LogP contribution is 2.40. The third-order valence-corrected chi connectivity index (χ3v) is 4.17. The molecule has 1 aromatic rings. The Labute approximate surface area is 84.7 Å². The zero-order chi connectivity index (χ0) is 9.42. The van der Waals surface area contributed by atoms with Gasteiger partial charge in [0.15, 0.2) is 0 Å². The van der Waals surface area contributed by atoms with Crippen molar-refractivity contribution in [1.29, 1.82) is 0 Å². The average Bonchev–Trinajstić information content (AvgIpc) is 2.12. The number of hydrogen-bond donors (Lipinski definition) is 0. The van der Waals surface area contributed by atoms with Crippen LogP contribution in [0.4, 0.5) is 0 Å². The van der Waals surface area contributed by atoms with E-state index in [1.807, 2.05) is 11.8 Å². The van der Waals surface area contributed by atoms with Crippen LogP contribution in [0.1, 0.15) is 36.0 Å². The van der Waals surface area contributed by atoms with E-state index in [1.54, 1.807) is 10.5 Å². The first-order chi connectivity index (χ1) is 6.20. The summed E-state index contributed by atoms with van der Waals surface area (Å²) in [6.45, 7) is 6.81. The van der Waals surface area contributed by atoms with Crippen molar-refractivity contribution >= 4 is 11.8 Å². The predicted molar refractivity (Wildman–Crippen MR) is 59.7 cm³/mol. The topological polar surface area (TPSA) is 0 Å². The van der Waals surface area contributed by atoms with Crippen molar-refractivity contribution in [3.8, 4) is 0 Å². The lowest BCUT2D eigenvalue weighted by atomic mass is 9.92. The molecule has 1 heteroatoms. The third kappa shape index (κ3) is 1.50. The SMILES string of the molecule is Cc1ccc(C)c2c1SCCC2C. The third-order valence-electron chi connectivity index (χ3n) is 2.90. The van der Waals surface area contributed by atoms with Crippen LogP contribution >= 0.6 is 11.8 Å². The van der Waals surface area contributed by atoms with E-state index in [0.717, 1.165) is 5.92 Å². The van der Waals surface area contributed by atoms with Crippen LogP contribution < -0.4 is 0 Å². The van der Waals surface area contributed by atoms with Crippen molar-refractivity contribution in [2.24, 2.45) is 0 Å². The van der Waals surface area contributed by atoms with Crippen LogP contribution in [0.5, 0.6) is 0 Å². The van der Waals surface area contributed by atoms with Crippen molar-refractivity contribution in [1.82, 2.24) is 0 Å². The maximum Gasteiger partial charge on any atom is 0.0139 e. The molecule has 1 heterocycles. The molecule has 0 amide bonds. The number of fused-ring (bicyclic) bond motifs is 1. The first-order valence-electron chi connectivity index (χ1n) is 4.93. The van der Waals surface area contributed by atoms with Gasteiger partial charge in [0.1, 0.15) is 0 Å². The van der Waals surface area contributed by atoms with Crippen LogP contribution in [-0.2, 0) is 0 Å². The van der Waals surface area contributed by atoms with Gasteiger partial charge in [0.05, 0.1) is 0 Å². The molecule has 1 aromatic carbocycles. The standard InChI is InChI=1S/C12H16S/c1-8-4-5-10(3)12-11(8)9(2)6-7-13-12/h4-5,9H,6-7H2,1-3H3. The Morgan fingerprint density at radius 2 is 1.92 bits per heavy atom. The number of benzene rings is 1. The summed E-state index contributed by atoms with van der Waals surface area (Å²) in [7, 11) is 0. The summed E-state index contributed by atoms with van der Waals surface area (Å²) in [4.78, 5) is 1.55. The van der Waals surface area contributed by atoms with E-state index in [-0.39, 0.29) is 0 Å². The first-order valence-corrected chi connectivity index (χ1v) is 5.91. The largest absolute Gasteiger partial charge is 0.126 e. The van der Waals surface area contributed by atoms with Crippen LogP contribution in [0.3, 0.4) is 0 Å². The molecule has 0 aliphatic carbocycles. The molecule has 0 N–H and O–H groups in total. The highest BCUT2D eigenvalue weighted by Gasteiger charge is 2.19. The molecule has 0 nitrogen and oxygen atoms in total. The minimum atomic E-state index is 0.760.